The van der Waals surface area contributed by atoms with Crippen molar-refractivity contribution in [3.63, 3.8) is 0 Å². The second kappa shape index (κ2) is 4.71. The van der Waals surface area contributed by atoms with Gasteiger partial charge in [-0.15, -0.1) is 0 Å². The minimum atomic E-state index is -0.585. The highest BCUT2D eigenvalue weighted by Crippen LogP contribution is 2.40. The van der Waals surface area contributed by atoms with Gasteiger partial charge in [0.1, 0.15) is 4.47 Å². The Labute approximate surface area is 111 Å². The van der Waals surface area contributed by atoms with Crippen LogP contribution in [0.3, 0.4) is 0 Å². The zero-order valence-corrected chi connectivity index (χ0v) is 12.1. The van der Waals surface area contributed by atoms with E-state index in [1.807, 2.05) is 0 Å². The van der Waals surface area contributed by atoms with Gasteiger partial charge in [-0.2, -0.15) is 0 Å². The molecule has 0 N–H and O–H groups in total. The molecule has 0 fully saturated rings. The van der Waals surface area contributed by atoms with E-state index in [0.717, 1.165) is 0 Å². The summed E-state index contributed by atoms with van der Waals surface area (Å²) in [5.41, 5.74) is -0.153. The molecule has 0 unspecified atom stereocenters. The van der Waals surface area contributed by atoms with Crippen LogP contribution in [0.25, 0.3) is 0 Å². The van der Waals surface area contributed by atoms with Gasteiger partial charge < -0.3 is 0 Å². The number of rotatable bonds is 2. The zero-order valence-electron chi connectivity index (χ0n) is 7.38. The van der Waals surface area contributed by atoms with E-state index in [-0.39, 0.29) is 21.5 Å². The molecular formula is C8H4Br3NO3. The number of hydrogen-bond donors (Lipinski definition) is 0. The third-order valence-corrected chi connectivity index (χ3v) is 4.98. The van der Waals surface area contributed by atoms with Crippen molar-refractivity contribution in [1.82, 2.24) is 0 Å². The zero-order chi connectivity index (χ0) is 11.7. The van der Waals surface area contributed by atoms with Gasteiger partial charge in [0.15, 0.2) is 5.78 Å². The topological polar surface area (TPSA) is 60.2 Å². The van der Waals surface area contributed by atoms with Gasteiger partial charge >= 0.3 is 0 Å². The van der Waals surface area contributed by atoms with E-state index >= 15 is 0 Å². The minimum absolute atomic E-state index is 0.0713. The van der Waals surface area contributed by atoms with Crippen molar-refractivity contribution < 1.29 is 9.72 Å². The lowest BCUT2D eigenvalue weighted by Crippen LogP contribution is -2.02. The number of ketones is 1. The summed E-state index contributed by atoms with van der Waals surface area (Å²) in [4.78, 5) is 21.4. The van der Waals surface area contributed by atoms with Crippen LogP contribution in [-0.4, -0.2) is 10.7 Å². The predicted molar refractivity (Wildman–Crippen MR) is 66.2 cm³/mol. The summed E-state index contributed by atoms with van der Waals surface area (Å²) in [5, 5.41) is 10.8. The fourth-order valence-electron chi connectivity index (χ4n) is 1.03. The highest BCUT2D eigenvalue weighted by Gasteiger charge is 2.25. The maximum absolute atomic E-state index is 11.2. The first-order chi connectivity index (χ1) is 6.86. The Morgan fingerprint density at radius 1 is 1.33 bits per heavy atom. The molecule has 0 spiro atoms. The van der Waals surface area contributed by atoms with Gasteiger partial charge in [-0.1, -0.05) is 0 Å². The van der Waals surface area contributed by atoms with Gasteiger partial charge in [0.2, 0.25) is 0 Å². The van der Waals surface area contributed by atoms with Crippen molar-refractivity contribution in [3.8, 4) is 0 Å². The molecular weight excluding hydrogens is 398 g/mol. The number of nitro benzene ring substituents is 1. The molecule has 80 valence electrons. The summed E-state index contributed by atoms with van der Waals surface area (Å²) in [5.74, 6) is -0.351. The van der Waals surface area contributed by atoms with E-state index in [2.05, 4.69) is 47.8 Å². The highest BCUT2D eigenvalue weighted by molar-refractivity contribution is 9.14. The first-order valence-electron chi connectivity index (χ1n) is 3.69. The Hall–Kier alpha value is -0.270. The molecule has 7 heteroatoms. The van der Waals surface area contributed by atoms with Crippen LogP contribution in [0.4, 0.5) is 5.69 Å². The number of nitrogens with zero attached hydrogens (tertiary/aromatic N) is 1. The van der Waals surface area contributed by atoms with Crippen LogP contribution in [0.15, 0.2) is 19.5 Å². The molecule has 0 aromatic heterocycles. The molecule has 0 heterocycles. The molecule has 1 aromatic rings. The van der Waals surface area contributed by atoms with E-state index < -0.39 is 4.92 Å². The molecule has 0 radical (unpaired) electrons. The van der Waals surface area contributed by atoms with Crippen molar-refractivity contribution in [3.05, 3.63) is 35.2 Å². The predicted octanol–water partition coefficient (Wildman–Crippen LogP) is 4.08. The molecule has 0 atom stereocenters. The van der Waals surface area contributed by atoms with Crippen molar-refractivity contribution >= 4 is 59.3 Å². The van der Waals surface area contributed by atoms with E-state index in [0.29, 0.717) is 8.95 Å². The Morgan fingerprint density at radius 3 is 2.27 bits per heavy atom. The highest BCUT2D eigenvalue weighted by atomic mass is 79.9. The first kappa shape index (κ1) is 12.8. The van der Waals surface area contributed by atoms with Gasteiger partial charge in [-0.3, -0.25) is 14.9 Å². The van der Waals surface area contributed by atoms with Gasteiger partial charge in [0.05, 0.1) is 15.0 Å². The number of Topliss-reactive ketones (excluding diaryl/α,β-unsaturated/α-hetero) is 1. The summed E-state index contributed by atoms with van der Waals surface area (Å²) < 4.78 is 1.36. The third-order valence-electron chi connectivity index (χ3n) is 1.70. The van der Waals surface area contributed by atoms with Crippen LogP contribution in [0.1, 0.15) is 17.3 Å². The summed E-state index contributed by atoms with van der Waals surface area (Å²) in [7, 11) is 0. The van der Waals surface area contributed by atoms with Crippen LogP contribution in [0.2, 0.25) is 0 Å². The Bertz CT molecular complexity index is 459. The van der Waals surface area contributed by atoms with Gasteiger partial charge in [0.25, 0.3) is 5.69 Å². The summed E-state index contributed by atoms with van der Waals surface area (Å²) >= 11 is 9.45. The fraction of sp³-hybridized carbons (Fsp3) is 0.125. The molecule has 0 saturated heterocycles. The average Bonchev–Trinajstić information content (AvgIpc) is 2.12. The maximum atomic E-state index is 11.2. The minimum Gasteiger partial charge on any atom is -0.294 e. The lowest BCUT2D eigenvalue weighted by molar-refractivity contribution is -0.386. The van der Waals surface area contributed by atoms with Gasteiger partial charge in [0, 0.05) is 4.47 Å². The van der Waals surface area contributed by atoms with Crippen LogP contribution in [0, 0.1) is 10.1 Å². The van der Waals surface area contributed by atoms with E-state index in [4.69, 9.17) is 0 Å². The lowest BCUT2D eigenvalue weighted by atomic mass is 10.1. The first-order valence-corrected chi connectivity index (χ1v) is 6.07. The molecule has 0 aliphatic carbocycles. The molecule has 0 amide bonds. The standard InChI is InChI=1S/C8H4Br3NO3/c1-3(13)4-2-5(9)6(10)7(11)8(4)12(14)15/h2H,1H3. The van der Waals surface area contributed by atoms with E-state index in [1.165, 1.54) is 13.0 Å². The largest absolute Gasteiger partial charge is 0.295 e. The number of nitro groups is 1. The van der Waals surface area contributed by atoms with Crippen LogP contribution in [-0.2, 0) is 0 Å². The SMILES string of the molecule is CC(=O)c1cc(Br)c(Br)c(Br)c1[N+](=O)[O-]. The molecule has 0 bridgehead atoms. The molecule has 4 nitrogen and oxygen atoms in total. The fourth-order valence-corrected chi connectivity index (χ4v) is 2.60. The molecule has 0 aliphatic rings. The third kappa shape index (κ3) is 2.46. The average molecular weight is 402 g/mol. The van der Waals surface area contributed by atoms with Crippen molar-refractivity contribution in [2.24, 2.45) is 0 Å². The molecule has 1 rings (SSSR count). The van der Waals surface area contributed by atoms with Crippen molar-refractivity contribution in [2.45, 2.75) is 6.92 Å². The normalized spacial score (nSPS) is 10.1. The molecule has 15 heavy (non-hydrogen) atoms. The number of halogens is 3. The molecule has 1 aromatic carbocycles. The molecule has 0 aliphatic heterocycles. The summed E-state index contributed by atoms with van der Waals surface area (Å²) in [6.07, 6.45) is 0. The Balaban J connectivity index is 3.65. The quantitative estimate of drug-likeness (QED) is 0.324. The van der Waals surface area contributed by atoms with Crippen LogP contribution >= 0.6 is 47.8 Å². The summed E-state index contributed by atoms with van der Waals surface area (Å²) in [6.45, 7) is 1.29. The second-order valence-electron chi connectivity index (χ2n) is 2.70. The Morgan fingerprint density at radius 2 is 1.87 bits per heavy atom. The Kier molecular flexibility index (Phi) is 4.02. The van der Waals surface area contributed by atoms with Crippen molar-refractivity contribution in [1.29, 1.82) is 0 Å². The van der Waals surface area contributed by atoms with E-state index in [1.54, 1.807) is 0 Å². The maximum Gasteiger partial charge on any atom is 0.295 e. The lowest BCUT2D eigenvalue weighted by Gasteiger charge is -2.05. The monoisotopic (exact) mass is 399 g/mol. The van der Waals surface area contributed by atoms with Crippen LogP contribution < -0.4 is 0 Å². The smallest absolute Gasteiger partial charge is 0.294 e. The summed E-state index contributed by atoms with van der Waals surface area (Å²) in [6, 6.07) is 1.43. The van der Waals surface area contributed by atoms with Gasteiger partial charge in [-0.05, 0) is 60.8 Å². The van der Waals surface area contributed by atoms with Gasteiger partial charge in [-0.25, -0.2) is 0 Å². The number of hydrogen-bond acceptors (Lipinski definition) is 3. The van der Waals surface area contributed by atoms with Crippen LogP contribution in [0.5, 0.6) is 0 Å². The molecule has 0 saturated carbocycles. The second-order valence-corrected chi connectivity index (χ2v) is 5.14. The van der Waals surface area contributed by atoms with Crippen molar-refractivity contribution in [2.75, 3.05) is 0 Å². The number of carbonyl (C=O) groups excluding carboxylic acids is 1. The number of carbonyl (C=O) groups is 1. The van der Waals surface area contributed by atoms with E-state index in [9.17, 15) is 14.9 Å². The number of benzene rings is 1.